The van der Waals surface area contributed by atoms with Gasteiger partial charge in [-0.2, -0.15) is 5.10 Å². The summed E-state index contributed by atoms with van der Waals surface area (Å²) < 4.78 is 1.74. The van der Waals surface area contributed by atoms with E-state index in [0.29, 0.717) is 12.5 Å². The van der Waals surface area contributed by atoms with Crippen molar-refractivity contribution in [1.82, 2.24) is 19.7 Å². The molecule has 138 valence electrons. The van der Waals surface area contributed by atoms with Crippen molar-refractivity contribution in [1.29, 1.82) is 0 Å². The predicted octanol–water partition coefficient (Wildman–Crippen LogP) is 2.37. The molecule has 1 aromatic carbocycles. The second-order valence-corrected chi connectivity index (χ2v) is 8.30. The van der Waals surface area contributed by atoms with Gasteiger partial charge >= 0.3 is 5.69 Å². The third-order valence-corrected chi connectivity index (χ3v) is 5.95. The lowest BCUT2D eigenvalue weighted by atomic mass is 9.95. The Kier molecular flexibility index (Phi) is 4.21. The van der Waals surface area contributed by atoms with E-state index in [9.17, 15) is 9.59 Å². The first-order chi connectivity index (χ1) is 12.5. The van der Waals surface area contributed by atoms with E-state index in [1.807, 2.05) is 35.2 Å². The molecule has 1 aliphatic heterocycles. The van der Waals surface area contributed by atoms with Gasteiger partial charge in [0.05, 0.1) is 6.54 Å². The Labute approximate surface area is 153 Å². The smallest absolute Gasteiger partial charge is 0.342 e. The molecule has 1 atom stereocenters. The first-order valence-electron chi connectivity index (χ1n) is 9.43. The molecule has 1 amide bonds. The molecule has 1 aliphatic carbocycles. The van der Waals surface area contributed by atoms with Crippen LogP contribution in [0.3, 0.4) is 0 Å². The largest absolute Gasteiger partial charge is 0.343 e. The average molecular weight is 354 g/mol. The van der Waals surface area contributed by atoms with E-state index < -0.39 is 0 Å². The van der Waals surface area contributed by atoms with E-state index >= 15 is 0 Å². The maximum atomic E-state index is 12.6. The third-order valence-electron chi connectivity index (χ3n) is 5.95. The lowest BCUT2D eigenvalue weighted by Gasteiger charge is -2.32. The molecule has 1 N–H and O–H groups in total. The van der Waals surface area contributed by atoms with Gasteiger partial charge in [0.15, 0.2) is 0 Å². The van der Waals surface area contributed by atoms with Crippen molar-refractivity contribution in [3.8, 4) is 0 Å². The van der Waals surface area contributed by atoms with Crippen molar-refractivity contribution in [2.45, 2.75) is 45.6 Å². The van der Waals surface area contributed by atoms with Gasteiger partial charge in [0.2, 0.25) is 5.91 Å². The van der Waals surface area contributed by atoms with Gasteiger partial charge in [-0.3, -0.25) is 9.36 Å². The minimum absolute atomic E-state index is 0.165. The summed E-state index contributed by atoms with van der Waals surface area (Å²) in [6, 6.07) is 9.95. The molecule has 1 unspecified atom stereocenters. The standard InChI is InChI=1S/C20H26N4O2/c1-20(2)12-16(20)18(25)23-10-8-15(9-11-23)17-21-22-19(26)24(17)13-14-6-4-3-5-7-14/h3-7,15-16H,8-13H2,1-2H3,(H,22,26). The van der Waals surface area contributed by atoms with Gasteiger partial charge in [-0.1, -0.05) is 44.2 Å². The van der Waals surface area contributed by atoms with E-state index in [1.54, 1.807) is 4.57 Å². The maximum absolute atomic E-state index is 12.6. The minimum atomic E-state index is -0.165. The maximum Gasteiger partial charge on any atom is 0.343 e. The lowest BCUT2D eigenvalue weighted by molar-refractivity contribution is -0.134. The number of rotatable bonds is 4. The number of H-pyrrole nitrogens is 1. The van der Waals surface area contributed by atoms with E-state index in [4.69, 9.17) is 0 Å². The van der Waals surface area contributed by atoms with Crippen LogP contribution in [0.2, 0.25) is 0 Å². The van der Waals surface area contributed by atoms with E-state index in [1.165, 1.54) is 0 Å². The zero-order chi connectivity index (χ0) is 18.3. The quantitative estimate of drug-likeness (QED) is 0.916. The first kappa shape index (κ1) is 17.1. The number of aromatic nitrogens is 3. The molecule has 6 heteroatoms. The molecular weight excluding hydrogens is 328 g/mol. The van der Waals surface area contributed by atoms with Gasteiger partial charge < -0.3 is 4.90 Å². The fourth-order valence-electron chi connectivity index (χ4n) is 4.03. The highest BCUT2D eigenvalue weighted by molar-refractivity contribution is 5.82. The van der Waals surface area contributed by atoms with Crippen molar-refractivity contribution in [2.24, 2.45) is 11.3 Å². The van der Waals surface area contributed by atoms with Crippen molar-refractivity contribution >= 4 is 5.91 Å². The number of piperidine rings is 1. The minimum Gasteiger partial charge on any atom is -0.342 e. The Bertz CT molecular complexity index is 844. The summed E-state index contributed by atoms with van der Waals surface area (Å²) >= 11 is 0. The summed E-state index contributed by atoms with van der Waals surface area (Å²) in [5.41, 5.74) is 1.09. The number of carbonyl (C=O) groups excluding carboxylic acids is 1. The van der Waals surface area contributed by atoms with Crippen LogP contribution in [0, 0.1) is 11.3 Å². The number of carbonyl (C=O) groups is 1. The Morgan fingerprint density at radius 1 is 1.23 bits per heavy atom. The van der Waals surface area contributed by atoms with Crippen molar-refractivity contribution in [2.75, 3.05) is 13.1 Å². The Hall–Kier alpha value is -2.37. The highest BCUT2D eigenvalue weighted by atomic mass is 16.2. The average Bonchev–Trinajstić information content (AvgIpc) is 3.14. The number of aromatic amines is 1. The molecule has 1 saturated carbocycles. The molecule has 2 heterocycles. The number of nitrogens with one attached hydrogen (secondary N) is 1. The molecule has 2 fully saturated rings. The van der Waals surface area contributed by atoms with Gasteiger partial charge in [0.1, 0.15) is 5.82 Å². The van der Waals surface area contributed by atoms with Gasteiger partial charge in [0, 0.05) is 24.9 Å². The van der Waals surface area contributed by atoms with E-state index in [0.717, 1.165) is 43.7 Å². The number of likely N-dealkylation sites (tertiary alicyclic amines) is 1. The highest BCUT2D eigenvalue weighted by Crippen LogP contribution is 2.52. The van der Waals surface area contributed by atoms with Gasteiger partial charge in [-0.05, 0) is 30.2 Å². The zero-order valence-corrected chi connectivity index (χ0v) is 15.4. The molecular formula is C20H26N4O2. The summed E-state index contributed by atoms with van der Waals surface area (Å²) in [6.45, 7) is 6.36. The summed E-state index contributed by atoms with van der Waals surface area (Å²) in [6.07, 6.45) is 2.72. The Balaban J connectivity index is 1.44. The summed E-state index contributed by atoms with van der Waals surface area (Å²) in [5.74, 6) is 1.53. The van der Waals surface area contributed by atoms with Crippen molar-refractivity contribution in [3.05, 3.63) is 52.2 Å². The SMILES string of the molecule is CC1(C)CC1C(=O)N1CCC(c2n[nH]c(=O)n2Cc2ccccc2)CC1. The van der Waals surface area contributed by atoms with Crippen LogP contribution in [0.4, 0.5) is 0 Å². The van der Waals surface area contributed by atoms with Crippen LogP contribution >= 0.6 is 0 Å². The molecule has 26 heavy (non-hydrogen) atoms. The molecule has 6 nitrogen and oxygen atoms in total. The molecule has 1 aromatic heterocycles. The van der Waals surface area contributed by atoms with Crippen molar-refractivity contribution in [3.63, 3.8) is 0 Å². The second kappa shape index (κ2) is 6.41. The molecule has 0 spiro atoms. The second-order valence-electron chi connectivity index (χ2n) is 8.30. The number of amides is 1. The molecule has 0 bridgehead atoms. The van der Waals surface area contributed by atoms with Crippen molar-refractivity contribution < 1.29 is 4.79 Å². The van der Waals surface area contributed by atoms with E-state index in [-0.39, 0.29) is 22.9 Å². The lowest BCUT2D eigenvalue weighted by Crippen LogP contribution is -2.40. The van der Waals surface area contributed by atoms with Crippen LogP contribution in [0.1, 0.15) is 50.4 Å². The van der Waals surface area contributed by atoms with Crippen LogP contribution in [0.25, 0.3) is 0 Å². The monoisotopic (exact) mass is 354 g/mol. The summed E-state index contributed by atoms with van der Waals surface area (Å²) in [4.78, 5) is 26.8. The fourth-order valence-corrected chi connectivity index (χ4v) is 4.03. The number of benzene rings is 1. The van der Waals surface area contributed by atoms with E-state index in [2.05, 4.69) is 24.0 Å². The zero-order valence-electron chi connectivity index (χ0n) is 15.4. The summed E-state index contributed by atoms with van der Waals surface area (Å²) in [5, 5.41) is 6.90. The topological polar surface area (TPSA) is 71.0 Å². The van der Waals surface area contributed by atoms with Gasteiger partial charge in [0.25, 0.3) is 0 Å². The molecule has 2 aromatic rings. The van der Waals surface area contributed by atoms with Crippen LogP contribution in [-0.2, 0) is 11.3 Å². The summed E-state index contributed by atoms with van der Waals surface area (Å²) in [7, 11) is 0. The van der Waals surface area contributed by atoms with Gasteiger partial charge in [-0.15, -0.1) is 0 Å². The fraction of sp³-hybridized carbons (Fsp3) is 0.550. The van der Waals surface area contributed by atoms with Crippen LogP contribution in [0.15, 0.2) is 35.1 Å². The van der Waals surface area contributed by atoms with Crippen LogP contribution in [-0.4, -0.2) is 38.7 Å². The predicted molar refractivity (Wildman–Crippen MR) is 98.8 cm³/mol. The normalized spacial score (nSPS) is 22.4. The van der Waals surface area contributed by atoms with Gasteiger partial charge in [-0.25, -0.2) is 9.89 Å². The number of hydrogen-bond donors (Lipinski definition) is 1. The molecule has 2 aliphatic rings. The molecule has 1 saturated heterocycles. The number of nitrogens with zero attached hydrogens (tertiary/aromatic N) is 3. The third kappa shape index (κ3) is 3.20. The molecule has 4 rings (SSSR count). The first-order valence-corrected chi connectivity index (χ1v) is 9.43. The van der Waals surface area contributed by atoms with Crippen LogP contribution < -0.4 is 5.69 Å². The molecule has 0 radical (unpaired) electrons. The van der Waals surface area contributed by atoms with Crippen LogP contribution in [0.5, 0.6) is 0 Å². The Morgan fingerprint density at radius 2 is 1.88 bits per heavy atom. The number of hydrogen-bond acceptors (Lipinski definition) is 3. The highest BCUT2D eigenvalue weighted by Gasteiger charge is 2.52. The Morgan fingerprint density at radius 3 is 2.50 bits per heavy atom.